The molecule has 0 spiro atoms. The van der Waals surface area contributed by atoms with Crippen LogP contribution in [0.2, 0.25) is 0 Å². The fraction of sp³-hybridized carbons (Fsp3) is 0.500. The number of carbonyl (C=O) groups excluding carboxylic acids is 1. The monoisotopic (exact) mass is 372 g/mol. The molecule has 0 aromatic heterocycles. The van der Waals surface area contributed by atoms with Gasteiger partial charge in [0, 0.05) is 0 Å². The highest BCUT2D eigenvalue weighted by Crippen LogP contribution is 2.58. The summed E-state index contributed by atoms with van der Waals surface area (Å²) in [5, 5.41) is 9.70. The molecule has 1 aliphatic heterocycles. The molecule has 2 unspecified atom stereocenters. The number of carboxylic acid groups (broad SMARTS) is 1. The van der Waals surface area contributed by atoms with Gasteiger partial charge >= 0.3 is 13.6 Å². The number of aliphatic carboxylic acids is 1. The van der Waals surface area contributed by atoms with Gasteiger partial charge in [-0.3, -0.25) is 14.2 Å². The Kier molecular flexibility index (Phi) is 6.21. The second-order valence-corrected chi connectivity index (χ2v) is 7.51. The van der Waals surface area contributed by atoms with Crippen molar-refractivity contribution < 1.29 is 37.8 Å². The predicted octanol–water partition coefficient (Wildman–Crippen LogP) is 2.81. The number of ether oxygens (including phenoxy) is 2. The summed E-state index contributed by atoms with van der Waals surface area (Å²) < 4.78 is 33.9. The minimum atomic E-state index is -4.07. The molecule has 0 saturated carbocycles. The van der Waals surface area contributed by atoms with Crippen molar-refractivity contribution in [3.8, 4) is 11.5 Å². The number of carbonyl (C=O) groups is 2. The molecule has 0 radical (unpaired) electrons. The smallest absolute Gasteiger partial charge is 0.345 e. The van der Waals surface area contributed by atoms with E-state index in [4.69, 9.17) is 18.5 Å². The third-order valence-corrected chi connectivity index (χ3v) is 6.16. The van der Waals surface area contributed by atoms with E-state index in [0.717, 1.165) is 0 Å². The Labute approximate surface area is 145 Å². The van der Waals surface area contributed by atoms with E-state index >= 15 is 0 Å². The summed E-state index contributed by atoms with van der Waals surface area (Å²) >= 11 is 0. The Morgan fingerprint density at radius 3 is 2.32 bits per heavy atom. The fourth-order valence-electron chi connectivity index (χ4n) is 2.76. The topological polar surface area (TPSA) is 108 Å². The van der Waals surface area contributed by atoms with E-state index in [1.54, 1.807) is 26.0 Å². The van der Waals surface area contributed by atoms with Crippen LogP contribution in [0.5, 0.6) is 11.5 Å². The highest BCUT2D eigenvalue weighted by Gasteiger charge is 2.49. The van der Waals surface area contributed by atoms with E-state index < -0.39 is 30.9 Å². The van der Waals surface area contributed by atoms with Crippen molar-refractivity contribution in [1.29, 1.82) is 0 Å². The van der Waals surface area contributed by atoms with E-state index in [-0.39, 0.29) is 20.0 Å². The number of ketones is 1. The zero-order valence-electron chi connectivity index (χ0n) is 14.3. The van der Waals surface area contributed by atoms with Crippen molar-refractivity contribution in [2.75, 3.05) is 20.0 Å². The van der Waals surface area contributed by atoms with Crippen molar-refractivity contribution in [3.63, 3.8) is 0 Å². The van der Waals surface area contributed by atoms with Crippen LogP contribution in [0.25, 0.3) is 0 Å². The van der Waals surface area contributed by atoms with Crippen molar-refractivity contribution in [2.24, 2.45) is 0 Å². The highest BCUT2D eigenvalue weighted by molar-refractivity contribution is 7.55. The first-order valence-corrected chi connectivity index (χ1v) is 9.46. The predicted molar refractivity (Wildman–Crippen MR) is 88.3 cm³/mol. The third kappa shape index (κ3) is 4.03. The maximum atomic E-state index is 13.1. The SMILES string of the molecule is CCOP(=O)(OCC)C(C(=O)O)C(C(C)=O)c1ccc2c(c1)OCO2. The number of benzene rings is 1. The summed E-state index contributed by atoms with van der Waals surface area (Å²) in [7, 11) is -4.07. The molecule has 25 heavy (non-hydrogen) atoms. The third-order valence-electron chi connectivity index (χ3n) is 3.72. The molecule has 0 saturated heterocycles. The number of Topliss-reactive ketones (excluding diaryl/α,β-unsaturated/α-hetero) is 1. The summed E-state index contributed by atoms with van der Waals surface area (Å²) in [6, 6.07) is 4.66. The van der Waals surface area contributed by atoms with Crippen LogP contribution in [-0.2, 0) is 23.2 Å². The van der Waals surface area contributed by atoms with Crippen LogP contribution in [0.1, 0.15) is 32.3 Å². The lowest BCUT2D eigenvalue weighted by atomic mass is 9.91. The van der Waals surface area contributed by atoms with Crippen molar-refractivity contribution in [1.82, 2.24) is 0 Å². The van der Waals surface area contributed by atoms with Gasteiger partial charge in [-0.2, -0.15) is 0 Å². The summed E-state index contributed by atoms with van der Waals surface area (Å²) in [6.45, 7) is 4.43. The summed E-state index contributed by atoms with van der Waals surface area (Å²) in [5.74, 6) is -2.21. The lowest BCUT2D eigenvalue weighted by molar-refractivity contribution is -0.139. The van der Waals surface area contributed by atoms with Crippen LogP contribution < -0.4 is 9.47 Å². The Balaban J connectivity index is 2.52. The zero-order chi connectivity index (χ0) is 18.6. The van der Waals surface area contributed by atoms with Crippen molar-refractivity contribution >= 4 is 19.3 Å². The number of fused-ring (bicyclic) bond motifs is 1. The largest absolute Gasteiger partial charge is 0.481 e. The van der Waals surface area contributed by atoms with Crippen LogP contribution in [0.4, 0.5) is 0 Å². The molecular weight excluding hydrogens is 351 g/mol. The molecule has 138 valence electrons. The molecule has 0 aliphatic carbocycles. The van der Waals surface area contributed by atoms with Gasteiger partial charge in [-0.25, -0.2) is 0 Å². The first kappa shape index (κ1) is 19.4. The number of rotatable bonds is 9. The zero-order valence-corrected chi connectivity index (χ0v) is 15.2. The lowest BCUT2D eigenvalue weighted by Gasteiger charge is -2.28. The van der Waals surface area contributed by atoms with Crippen LogP contribution >= 0.6 is 7.60 Å². The quantitative estimate of drug-likeness (QED) is 0.659. The second kappa shape index (κ2) is 7.99. The van der Waals surface area contributed by atoms with Crippen molar-refractivity contribution in [3.05, 3.63) is 23.8 Å². The molecule has 1 N–H and O–H groups in total. The van der Waals surface area contributed by atoms with Crippen molar-refractivity contribution in [2.45, 2.75) is 32.3 Å². The number of hydrogen-bond acceptors (Lipinski definition) is 7. The van der Waals surface area contributed by atoms with E-state index in [0.29, 0.717) is 17.1 Å². The molecular formula is C16H21O8P. The number of hydrogen-bond donors (Lipinski definition) is 1. The maximum absolute atomic E-state index is 13.1. The average Bonchev–Trinajstić information content (AvgIpc) is 2.99. The highest BCUT2D eigenvalue weighted by atomic mass is 31.2. The van der Waals surface area contributed by atoms with Crippen LogP contribution in [0.15, 0.2) is 18.2 Å². The molecule has 0 amide bonds. The van der Waals surface area contributed by atoms with Gasteiger partial charge in [0.1, 0.15) is 5.78 Å². The Morgan fingerprint density at radius 2 is 1.80 bits per heavy atom. The summed E-state index contributed by atoms with van der Waals surface area (Å²) in [5.41, 5.74) is -1.31. The summed E-state index contributed by atoms with van der Waals surface area (Å²) in [4.78, 5) is 24.2. The first-order valence-electron chi connectivity index (χ1n) is 7.85. The molecule has 8 nitrogen and oxygen atoms in total. The molecule has 1 heterocycles. The normalized spacial score (nSPS) is 15.6. The lowest BCUT2D eigenvalue weighted by Crippen LogP contribution is -2.33. The standard InChI is InChI=1S/C16H21O8P/c1-4-23-25(20,24-5-2)15(16(18)19)14(10(3)17)11-6-7-12-13(8-11)22-9-21-12/h6-8,14-15H,4-5,9H2,1-3H3,(H,18,19). The molecule has 9 heteroatoms. The molecule has 0 fully saturated rings. The fourth-order valence-corrected chi connectivity index (χ4v) is 4.90. The van der Waals surface area contributed by atoms with Crippen LogP contribution in [0.3, 0.4) is 0 Å². The van der Waals surface area contributed by atoms with Crippen LogP contribution in [-0.4, -0.2) is 42.5 Å². The van der Waals surface area contributed by atoms with E-state index in [1.807, 2.05) is 0 Å². The van der Waals surface area contributed by atoms with E-state index in [2.05, 4.69) is 0 Å². The number of carboxylic acids is 1. The second-order valence-electron chi connectivity index (χ2n) is 5.36. The minimum absolute atomic E-state index is 0.00712. The van der Waals surface area contributed by atoms with E-state index in [9.17, 15) is 19.3 Å². The van der Waals surface area contributed by atoms with Gasteiger partial charge in [-0.15, -0.1) is 0 Å². The maximum Gasteiger partial charge on any atom is 0.345 e. The van der Waals surface area contributed by atoms with Gasteiger partial charge in [-0.05, 0) is 38.5 Å². The van der Waals surface area contributed by atoms with Gasteiger partial charge in [0.15, 0.2) is 17.2 Å². The van der Waals surface area contributed by atoms with Gasteiger partial charge in [0.05, 0.1) is 19.1 Å². The van der Waals surface area contributed by atoms with Gasteiger partial charge in [0.25, 0.3) is 0 Å². The molecule has 0 bridgehead atoms. The summed E-state index contributed by atoms with van der Waals surface area (Å²) in [6.07, 6.45) is 0. The van der Waals surface area contributed by atoms with Gasteiger partial charge in [0.2, 0.25) is 6.79 Å². The van der Waals surface area contributed by atoms with Gasteiger partial charge < -0.3 is 23.6 Å². The minimum Gasteiger partial charge on any atom is -0.481 e. The van der Waals surface area contributed by atoms with E-state index in [1.165, 1.54) is 13.0 Å². The molecule has 2 atom stereocenters. The first-order chi connectivity index (χ1) is 11.8. The van der Waals surface area contributed by atoms with Crippen LogP contribution in [0, 0.1) is 0 Å². The average molecular weight is 372 g/mol. The molecule has 2 rings (SSSR count). The molecule has 1 aromatic rings. The molecule has 1 aliphatic rings. The Bertz CT molecular complexity index is 691. The molecule has 1 aromatic carbocycles. The Morgan fingerprint density at radius 1 is 1.20 bits per heavy atom. The Hall–Kier alpha value is -1.89. The van der Waals surface area contributed by atoms with Gasteiger partial charge in [-0.1, -0.05) is 6.07 Å².